The van der Waals surface area contributed by atoms with Crippen LogP contribution < -0.4 is 0 Å². The molecule has 2 atom stereocenters. The van der Waals surface area contributed by atoms with Crippen LogP contribution >= 0.6 is 0 Å². The highest BCUT2D eigenvalue weighted by Crippen LogP contribution is 2.32. The maximum atomic E-state index is 12.9. The van der Waals surface area contributed by atoms with Crippen molar-refractivity contribution in [2.45, 2.75) is 252 Å². The van der Waals surface area contributed by atoms with Crippen LogP contribution in [0.2, 0.25) is 0 Å². The van der Waals surface area contributed by atoms with Crippen LogP contribution in [0.4, 0.5) is 0 Å². The third-order valence-electron chi connectivity index (χ3n) is 11.2. The van der Waals surface area contributed by atoms with E-state index in [-0.39, 0.29) is 18.0 Å². The van der Waals surface area contributed by atoms with E-state index >= 15 is 0 Å². The minimum absolute atomic E-state index is 0.00347. The first-order chi connectivity index (χ1) is 24.5. The number of likely N-dealkylation sites (tertiary alicyclic amines) is 1. The average molecular weight is 706 g/mol. The molecule has 0 aromatic rings. The minimum atomic E-state index is -0.00347. The molecule has 0 aromatic heterocycles. The first-order valence-corrected chi connectivity index (χ1v) is 22.6. The first-order valence-electron chi connectivity index (χ1n) is 22.6. The second-order valence-corrected chi connectivity index (χ2v) is 15.9. The van der Waals surface area contributed by atoms with Gasteiger partial charge in [0.1, 0.15) is 6.10 Å². The Kier molecular flexibility index (Phi) is 32.8. The molecule has 0 bridgehead atoms. The predicted molar refractivity (Wildman–Crippen MR) is 215 cm³/mol. The Labute approximate surface area is 312 Å². The number of piperidine rings is 1. The first kappa shape index (κ1) is 46.9. The van der Waals surface area contributed by atoms with E-state index in [0.717, 1.165) is 50.9 Å². The van der Waals surface area contributed by atoms with Crippen LogP contribution in [0.3, 0.4) is 0 Å². The summed E-state index contributed by atoms with van der Waals surface area (Å²) in [7, 11) is 0. The Bertz CT molecular complexity index is 739. The summed E-state index contributed by atoms with van der Waals surface area (Å²) in [5, 5.41) is 0. The summed E-state index contributed by atoms with van der Waals surface area (Å²) in [5.74, 6) is 0.777. The summed E-state index contributed by atoms with van der Waals surface area (Å²) in [5.41, 5.74) is 0. The summed E-state index contributed by atoms with van der Waals surface area (Å²) in [6, 6.07) is 0.641. The lowest BCUT2D eigenvalue weighted by molar-refractivity contribution is -0.150. The third-order valence-corrected chi connectivity index (χ3v) is 11.2. The van der Waals surface area contributed by atoms with E-state index in [1.807, 2.05) is 0 Å². The van der Waals surface area contributed by atoms with Gasteiger partial charge >= 0.3 is 11.9 Å². The number of ether oxygens (including phenoxy) is 2. The van der Waals surface area contributed by atoms with Crippen molar-refractivity contribution < 1.29 is 19.1 Å². The molecule has 1 aliphatic heterocycles. The molecule has 5 nitrogen and oxygen atoms in total. The largest absolute Gasteiger partial charge is 0.466 e. The molecule has 0 N–H and O–H groups in total. The Balaban J connectivity index is 2.36. The zero-order valence-corrected chi connectivity index (χ0v) is 34.3. The molecule has 1 rings (SSSR count). The van der Waals surface area contributed by atoms with Gasteiger partial charge in [-0.2, -0.15) is 0 Å². The molecule has 1 aliphatic rings. The van der Waals surface area contributed by atoms with Crippen LogP contribution in [-0.2, 0) is 19.1 Å². The molecule has 0 aromatic carbocycles. The van der Waals surface area contributed by atoms with E-state index in [4.69, 9.17) is 9.47 Å². The van der Waals surface area contributed by atoms with Crippen LogP contribution in [0.15, 0.2) is 0 Å². The van der Waals surface area contributed by atoms with Gasteiger partial charge in [-0.1, -0.05) is 150 Å². The van der Waals surface area contributed by atoms with Crippen molar-refractivity contribution in [2.75, 3.05) is 19.7 Å². The quantitative estimate of drug-likeness (QED) is 0.0480. The Morgan fingerprint density at radius 1 is 0.560 bits per heavy atom. The van der Waals surface area contributed by atoms with Gasteiger partial charge in [-0.15, -0.1) is 0 Å². The number of carbonyl (C=O) groups excluding carboxylic acids is 2. The fourth-order valence-electron chi connectivity index (χ4n) is 8.14. The molecule has 0 spiro atoms. The van der Waals surface area contributed by atoms with E-state index in [0.29, 0.717) is 25.5 Å². The van der Waals surface area contributed by atoms with Gasteiger partial charge in [0.05, 0.1) is 6.61 Å². The van der Waals surface area contributed by atoms with Crippen molar-refractivity contribution in [3.05, 3.63) is 0 Å². The van der Waals surface area contributed by atoms with E-state index in [1.165, 1.54) is 167 Å². The fourth-order valence-corrected chi connectivity index (χ4v) is 8.14. The monoisotopic (exact) mass is 706 g/mol. The standard InChI is InChI=1S/C45H87NO4/c1-5-9-12-15-18-21-29-40-49-44(47)36-28-27-35-43-41(32-30-39-46(43)38-8-4)31-23-22-26-37-45(48)50-42(33-24-19-16-13-10-6-2)34-25-20-17-14-11-7-3/h41-43H,5-40H2,1-4H3. The van der Waals surface area contributed by atoms with Gasteiger partial charge in [0.2, 0.25) is 0 Å². The number of hydrogen-bond donors (Lipinski definition) is 0. The highest BCUT2D eigenvalue weighted by atomic mass is 16.5. The topological polar surface area (TPSA) is 55.8 Å². The smallest absolute Gasteiger partial charge is 0.306 e. The summed E-state index contributed by atoms with van der Waals surface area (Å²) < 4.78 is 11.6. The molecule has 5 heteroatoms. The van der Waals surface area contributed by atoms with E-state index in [2.05, 4.69) is 32.6 Å². The van der Waals surface area contributed by atoms with Crippen molar-refractivity contribution in [1.29, 1.82) is 0 Å². The summed E-state index contributed by atoms with van der Waals surface area (Å²) in [6.07, 6.45) is 39.2. The van der Waals surface area contributed by atoms with Gasteiger partial charge in [-0.05, 0) is 96.1 Å². The van der Waals surface area contributed by atoms with E-state index < -0.39 is 0 Å². The zero-order valence-electron chi connectivity index (χ0n) is 34.3. The Morgan fingerprint density at radius 3 is 1.66 bits per heavy atom. The number of rotatable bonds is 36. The van der Waals surface area contributed by atoms with Gasteiger partial charge in [0.15, 0.2) is 0 Å². The highest BCUT2D eigenvalue weighted by Gasteiger charge is 2.30. The molecular formula is C45H87NO4. The fraction of sp³-hybridized carbons (Fsp3) is 0.956. The molecule has 1 fully saturated rings. The summed E-state index contributed by atoms with van der Waals surface area (Å²) in [6.45, 7) is 12.1. The number of unbranched alkanes of at least 4 members (excludes halogenated alkanes) is 19. The molecule has 2 unspecified atom stereocenters. The van der Waals surface area contributed by atoms with Crippen LogP contribution in [0, 0.1) is 5.92 Å². The molecule has 0 radical (unpaired) electrons. The third kappa shape index (κ3) is 26.6. The highest BCUT2D eigenvalue weighted by molar-refractivity contribution is 5.69. The molecular weight excluding hydrogens is 618 g/mol. The SMILES string of the molecule is CCCCCCCCCOC(=O)CCCCC1C(CCCCCC(=O)OC(CCCCCCCC)CCCCCCCC)CCCN1CCC. The van der Waals surface area contributed by atoms with Crippen LogP contribution in [0.5, 0.6) is 0 Å². The minimum Gasteiger partial charge on any atom is -0.466 e. The normalized spacial score (nSPS) is 16.7. The second-order valence-electron chi connectivity index (χ2n) is 15.9. The number of esters is 2. The summed E-state index contributed by atoms with van der Waals surface area (Å²) >= 11 is 0. The summed E-state index contributed by atoms with van der Waals surface area (Å²) in [4.78, 5) is 28.0. The maximum Gasteiger partial charge on any atom is 0.306 e. The van der Waals surface area contributed by atoms with Crippen molar-refractivity contribution in [3.8, 4) is 0 Å². The lowest BCUT2D eigenvalue weighted by Gasteiger charge is -2.42. The molecule has 0 aliphatic carbocycles. The zero-order chi connectivity index (χ0) is 36.3. The van der Waals surface area contributed by atoms with Crippen molar-refractivity contribution in [2.24, 2.45) is 5.92 Å². The molecule has 296 valence electrons. The Morgan fingerprint density at radius 2 is 1.06 bits per heavy atom. The average Bonchev–Trinajstić information content (AvgIpc) is 3.11. The molecule has 0 saturated carbocycles. The maximum absolute atomic E-state index is 12.9. The van der Waals surface area contributed by atoms with Gasteiger partial charge < -0.3 is 14.4 Å². The lowest BCUT2D eigenvalue weighted by Crippen LogP contribution is -2.45. The van der Waals surface area contributed by atoms with Crippen molar-refractivity contribution in [1.82, 2.24) is 4.90 Å². The molecule has 50 heavy (non-hydrogen) atoms. The van der Waals surface area contributed by atoms with Gasteiger partial charge in [-0.3, -0.25) is 9.59 Å². The predicted octanol–water partition coefficient (Wildman–Crippen LogP) is 13.7. The molecule has 1 heterocycles. The number of carbonyl (C=O) groups is 2. The van der Waals surface area contributed by atoms with Crippen LogP contribution in [0.1, 0.15) is 240 Å². The van der Waals surface area contributed by atoms with E-state index in [1.54, 1.807) is 0 Å². The van der Waals surface area contributed by atoms with Gasteiger partial charge in [-0.25, -0.2) is 0 Å². The van der Waals surface area contributed by atoms with Gasteiger partial charge in [0.25, 0.3) is 0 Å². The van der Waals surface area contributed by atoms with Crippen molar-refractivity contribution >= 4 is 11.9 Å². The van der Waals surface area contributed by atoms with E-state index in [9.17, 15) is 9.59 Å². The number of nitrogens with zero attached hydrogens (tertiary/aromatic N) is 1. The molecule has 0 amide bonds. The Hall–Kier alpha value is -1.10. The van der Waals surface area contributed by atoms with Crippen LogP contribution in [-0.4, -0.2) is 48.7 Å². The lowest BCUT2D eigenvalue weighted by atomic mass is 9.82. The van der Waals surface area contributed by atoms with Crippen LogP contribution in [0.25, 0.3) is 0 Å². The van der Waals surface area contributed by atoms with Crippen molar-refractivity contribution in [3.63, 3.8) is 0 Å². The second kappa shape index (κ2) is 35.0. The molecule has 1 saturated heterocycles. The van der Waals surface area contributed by atoms with Gasteiger partial charge in [0, 0.05) is 18.9 Å². The number of hydrogen-bond acceptors (Lipinski definition) is 5.